The minimum absolute atomic E-state index is 0.122. The molecule has 0 amide bonds. The molecule has 2 aliphatic carbocycles. The third-order valence-electron chi connectivity index (χ3n) is 4.55. The molecule has 2 bridgehead atoms. The van der Waals surface area contributed by atoms with Crippen molar-refractivity contribution in [3.63, 3.8) is 0 Å². The highest BCUT2D eigenvalue weighted by atomic mass is 79.9. The Labute approximate surface area is 114 Å². The second-order valence-corrected chi connectivity index (χ2v) is 6.36. The zero-order chi connectivity index (χ0) is 12.3. The van der Waals surface area contributed by atoms with E-state index < -0.39 is 0 Å². The van der Waals surface area contributed by atoms with Gasteiger partial charge in [0.15, 0.2) is 0 Å². The minimum Gasteiger partial charge on any atom is -0.391 e. The van der Waals surface area contributed by atoms with Crippen molar-refractivity contribution in [2.24, 2.45) is 22.1 Å². The van der Waals surface area contributed by atoms with Crippen molar-refractivity contribution in [3.05, 3.63) is 28.7 Å². The number of fused-ring (bicyclic) bond motifs is 5. The molecule has 0 spiro atoms. The molecule has 1 aromatic carbocycles. The van der Waals surface area contributed by atoms with Crippen LogP contribution >= 0.6 is 15.9 Å². The summed E-state index contributed by atoms with van der Waals surface area (Å²) in [6, 6.07) is 8.85. The lowest BCUT2D eigenvalue weighted by atomic mass is 9.83. The highest BCUT2D eigenvalue weighted by Gasteiger charge is 2.61. The molecule has 6 atom stereocenters. The number of aliphatic hydroxyl groups excluding tert-OH is 1. The van der Waals surface area contributed by atoms with Gasteiger partial charge in [-0.3, -0.25) is 0 Å². The zero-order valence-corrected chi connectivity index (χ0v) is 11.3. The van der Waals surface area contributed by atoms with Gasteiger partial charge in [0.2, 0.25) is 0 Å². The molecule has 2 fully saturated rings. The molecule has 5 heteroatoms. The van der Waals surface area contributed by atoms with E-state index in [0.717, 1.165) is 16.6 Å². The van der Waals surface area contributed by atoms with E-state index in [9.17, 15) is 5.11 Å². The fourth-order valence-electron chi connectivity index (χ4n) is 3.64. The molecule has 3 aliphatic rings. The number of benzene rings is 1. The van der Waals surface area contributed by atoms with Gasteiger partial charge in [0.25, 0.3) is 0 Å². The van der Waals surface area contributed by atoms with Gasteiger partial charge in [-0.2, -0.15) is 10.2 Å². The van der Waals surface area contributed by atoms with Crippen LogP contribution in [0.4, 0.5) is 5.69 Å². The molecule has 18 heavy (non-hydrogen) atoms. The normalized spacial score (nSPS) is 43.7. The first-order valence-corrected chi connectivity index (χ1v) is 7.13. The Bertz CT molecular complexity index is 503. The standard InChI is InChI=1S/C13H14BrN3O/c14-6-1-3-7(4-2-6)15-12-8-5-9(13(12)18)11-10(8)16-17-11/h1-4,8-13,15,18H,5H2/t8-,9+,10+,11-,12?,13?/m0/s1. The predicted octanol–water partition coefficient (Wildman–Crippen LogP) is 2.44. The lowest BCUT2D eigenvalue weighted by Gasteiger charge is -2.39. The maximum absolute atomic E-state index is 10.3. The topological polar surface area (TPSA) is 57.0 Å². The first-order chi connectivity index (χ1) is 8.74. The Morgan fingerprint density at radius 2 is 1.78 bits per heavy atom. The van der Waals surface area contributed by atoms with E-state index in [1.807, 2.05) is 24.3 Å². The summed E-state index contributed by atoms with van der Waals surface area (Å²) in [7, 11) is 0. The molecule has 94 valence electrons. The number of azo groups is 1. The van der Waals surface area contributed by atoms with Crippen LogP contribution in [0.2, 0.25) is 0 Å². The van der Waals surface area contributed by atoms with Crippen LogP contribution in [0.1, 0.15) is 6.42 Å². The quantitative estimate of drug-likeness (QED) is 0.881. The molecule has 1 aromatic rings. The Kier molecular flexibility index (Phi) is 2.29. The average molecular weight is 308 g/mol. The van der Waals surface area contributed by atoms with Gasteiger partial charge in [0.1, 0.15) is 12.1 Å². The van der Waals surface area contributed by atoms with Gasteiger partial charge in [-0.15, -0.1) is 0 Å². The van der Waals surface area contributed by atoms with Crippen LogP contribution in [0, 0.1) is 11.8 Å². The van der Waals surface area contributed by atoms with Crippen molar-refractivity contribution in [3.8, 4) is 0 Å². The van der Waals surface area contributed by atoms with Gasteiger partial charge in [0.05, 0.1) is 12.1 Å². The van der Waals surface area contributed by atoms with Crippen LogP contribution in [0.15, 0.2) is 39.0 Å². The van der Waals surface area contributed by atoms with E-state index in [0.29, 0.717) is 23.9 Å². The average Bonchev–Trinajstić information content (AvgIpc) is 2.73. The summed E-state index contributed by atoms with van der Waals surface area (Å²) in [5, 5.41) is 22.2. The Morgan fingerprint density at radius 1 is 1.11 bits per heavy atom. The third-order valence-corrected chi connectivity index (χ3v) is 5.08. The van der Waals surface area contributed by atoms with Gasteiger partial charge in [-0.1, -0.05) is 15.9 Å². The number of aliphatic hydroxyl groups is 1. The third kappa shape index (κ3) is 1.40. The maximum Gasteiger partial charge on any atom is 0.101 e. The van der Waals surface area contributed by atoms with Crippen LogP contribution in [0.3, 0.4) is 0 Å². The number of nitrogens with one attached hydrogen (secondary N) is 1. The van der Waals surface area contributed by atoms with Crippen molar-refractivity contribution in [2.45, 2.75) is 30.7 Å². The lowest BCUT2D eigenvalue weighted by molar-refractivity contribution is 0.0683. The van der Waals surface area contributed by atoms with Crippen LogP contribution in [0.5, 0.6) is 0 Å². The minimum atomic E-state index is -0.292. The molecule has 4 rings (SSSR count). The smallest absolute Gasteiger partial charge is 0.101 e. The van der Waals surface area contributed by atoms with Gasteiger partial charge in [-0.25, -0.2) is 0 Å². The molecule has 0 radical (unpaired) electrons. The van der Waals surface area contributed by atoms with E-state index >= 15 is 0 Å². The molecule has 1 aliphatic heterocycles. The molecule has 0 aromatic heterocycles. The summed E-state index contributed by atoms with van der Waals surface area (Å²) in [6.45, 7) is 0. The van der Waals surface area contributed by atoms with Crippen molar-refractivity contribution < 1.29 is 5.11 Å². The second-order valence-electron chi connectivity index (χ2n) is 5.44. The van der Waals surface area contributed by atoms with E-state index in [1.54, 1.807) is 0 Å². The van der Waals surface area contributed by atoms with E-state index in [2.05, 4.69) is 31.5 Å². The Morgan fingerprint density at radius 3 is 2.44 bits per heavy atom. The van der Waals surface area contributed by atoms with E-state index in [4.69, 9.17) is 0 Å². The fraction of sp³-hybridized carbons (Fsp3) is 0.538. The fourth-order valence-corrected chi connectivity index (χ4v) is 3.91. The van der Waals surface area contributed by atoms with Gasteiger partial charge in [-0.05, 0) is 30.7 Å². The van der Waals surface area contributed by atoms with Crippen molar-refractivity contribution in [1.29, 1.82) is 0 Å². The number of nitrogens with zero attached hydrogens (tertiary/aromatic N) is 2. The number of hydrogen-bond donors (Lipinski definition) is 2. The summed E-state index contributed by atoms with van der Waals surface area (Å²) < 4.78 is 1.06. The van der Waals surface area contributed by atoms with Gasteiger partial charge < -0.3 is 10.4 Å². The first-order valence-electron chi connectivity index (χ1n) is 6.34. The predicted molar refractivity (Wildman–Crippen MR) is 71.6 cm³/mol. The van der Waals surface area contributed by atoms with Crippen molar-refractivity contribution in [2.75, 3.05) is 5.32 Å². The number of anilines is 1. The number of hydrogen-bond acceptors (Lipinski definition) is 4. The summed E-state index contributed by atoms with van der Waals surface area (Å²) in [6.07, 6.45) is 0.761. The molecule has 2 saturated carbocycles. The van der Waals surface area contributed by atoms with Crippen LogP contribution in [0.25, 0.3) is 0 Å². The van der Waals surface area contributed by atoms with Crippen LogP contribution in [-0.4, -0.2) is 29.3 Å². The lowest BCUT2D eigenvalue weighted by Crippen LogP contribution is -2.52. The zero-order valence-electron chi connectivity index (χ0n) is 9.70. The maximum atomic E-state index is 10.3. The summed E-state index contributed by atoms with van der Waals surface area (Å²) >= 11 is 3.42. The summed E-state index contributed by atoms with van der Waals surface area (Å²) in [5.74, 6) is 0.751. The molecule has 2 N–H and O–H groups in total. The number of halogens is 1. The molecule has 0 saturated heterocycles. The largest absolute Gasteiger partial charge is 0.391 e. The summed E-state index contributed by atoms with van der Waals surface area (Å²) in [5.41, 5.74) is 1.06. The summed E-state index contributed by atoms with van der Waals surface area (Å²) in [4.78, 5) is 0. The van der Waals surface area contributed by atoms with E-state index in [1.165, 1.54) is 0 Å². The van der Waals surface area contributed by atoms with Crippen molar-refractivity contribution in [1.82, 2.24) is 0 Å². The van der Waals surface area contributed by atoms with Gasteiger partial charge in [0, 0.05) is 22.0 Å². The highest BCUT2D eigenvalue weighted by molar-refractivity contribution is 9.10. The molecule has 4 nitrogen and oxygen atoms in total. The Hall–Kier alpha value is -0.940. The van der Waals surface area contributed by atoms with Crippen LogP contribution < -0.4 is 5.32 Å². The van der Waals surface area contributed by atoms with Gasteiger partial charge >= 0.3 is 0 Å². The second kappa shape index (κ2) is 3.78. The molecule has 1 heterocycles. The monoisotopic (exact) mass is 307 g/mol. The van der Waals surface area contributed by atoms with E-state index in [-0.39, 0.29) is 12.1 Å². The van der Waals surface area contributed by atoms with Crippen molar-refractivity contribution >= 4 is 21.6 Å². The number of rotatable bonds is 2. The molecular weight excluding hydrogens is 294 g/mol. The first kappa shape index (κ1) is 10.9. The molecule has 2 unspecified atom stereocenters. The molecular formula is C13H14BrN3O. The Balaban J connectivity index is 1.56. The van der Waals surface area contributed by atoms with Crippen LogP contribution in [-0.2, 0) is 0 Å². The highest BCUT2D eigenvalue weighted by Crippen LogP contribution is 2.52. The SMILES string of the molecule is OC1C(Nc2ccc(Br)cc2)[C@H]2C[C@@H]1[C@@H]1N=N[C@@H]12.